The summed E-state index contributed by atoms with van der Waals surface area (Å²) in [4.78, 5) is 14.6. The third-order valence-corrected chi connectivity index (χ3v) is 8.30. The topological polar surface area (TPSA) is 67.7 Å². The van der Waals surface area contributed by atoms with E-state index in [0.717, 1.165) is 66.7 Å². The minimum Gasteiger partial charge on any atom is -0.454 e. The predicted octanol–water partition coefficient (Wildman–Crippen LogP) is 8.57. The molecule has 1 aliphatic heterocycles. The molecular weight excluding hydrogens is 542 g/mol. The second-order valence-electron chi connectivity index (χ2n) is 10.9. The number of aliphatic imine (C=N–C) groups is 2. The van der Waals surface area contributed by atoms with Crippen LogP contribution in [0.1, 0.15) is 23.0 Å². The number of nitrogens with one attached hydrogen (secondary N) is 1. The Hall–Kier alpha value is -6.01. The molecule has 1 unspecified atom stereocenters. The van der Waals surface area contributed by atoms with Gasteiger partial charge in [0.15, 0.2) is 17.6 Å². The molecule has 0 saturated carbocycles. The molecule has 0 aliphatic carbocycles. The van der Waals surface area contributed by atoms with Crippen LogP contribution in [0, 0.1) is 0 Å². The van der Waals surface area contributed by atoms with E-state index in [0.29, 0.717) is 5.84 Å². The monoisotopic (exact) mass is 567 g/mol. The number of pyridine rings is 1. The van der Waals surface area contributed by atoms with Crippen LogP contribution < -0.4 is 5.32 Å². The largest absolute Gasteiger partial charge is 0.454 e. The first-order valence-electron chi connectivity index (χ1n) is 14.6. The molecule has 1 aliphatic rings. The lowest BCUT2D eigenvalue weighted by molar-refractivity contribution is 0.667. The lowest BCUT2D eigenvalue weighted by Crippen LogP contribution is -2.36. The molecule has 1 N–H and O–H groups in total. The Labute approximate surface area is 252 Å². The van der Waals surface area contributed by atoms with Crippen LogP contribution in [-0.2, 0) is 0 Å². The number of fused-ring (bicyclic) bond motifs is 7. The smallest absolute Gasteiger partial charge is 0.169 e. The normalized spacial score (nSPS) is 15.0. The van der Waals surface area contributed by atoms with Crippen molar-refractivity contribution in [1.82, 2.24) is 14.9 Å². The molecule has 0 radical (unpaired) electrons. The predicted molar refractivity (Wildman–Crippen MR) is 178 cm³/mol. The summed E-state index contributed by atoms with van der Waals surface area (Å²) in [6.45, 7) is 0. The number of hydrogen-bond acceptors (Lipinski definition) is 5. The van der Waals surface area contributed by atoms with E-state index in [1.54, 1.807) is 6.20 Å². The highest BCUT2D eigenvalue weighted by atomic mass is 16.3. The van der Waals surface area contributed by atoms with Gasteiger partial charge in [-0.3, -0.25) is 4.98 Å². The zero-order valence-electron chi connectivity index (χ0n) is 23.6. The SMILES string of the molecule is c1ccc(C2=NC(c3ccc4c(c3)oc3c4ccc4c5ccccc5n(-c5ccccc5)c43)N=C(c3ccccn3)N2)cc1. The Morgan fingerprint density at radius 2 is 1.34 bits per heavy atom. The molecule has 1 atom stereocenters. The van der Waals surface area contributed by atoms with E-state index in [4.69, 9.17) is 14.4 Å². The zero-order chi connectivity index (χ0) is 29.0. The molecule has 5 aromatic carbocycles. The van der Waals surface area contributed by atoms with Gasteiger partial charge in [0.2, 0.25) is 0 Å². The van der Waals surface area contributed by atoms with Gasteiger partial charge in [0.1, 0.15) is 17.1 Å². The summed E-state index contributed by atoms with van der Waals surface area (Å²) in [5, 5.41) is 7.91. The van der Waals surface area contributed by atoms with Crippen molar-refractivity contribution in [2.24, 2.45) is 9.98 Å². The van der Waals surface area contributed by atoms with Gasteiger partial charge in [0, 0.05) is 44.6 Å². The number of nitrogens with zero attached hydrogens (tertiary/aromatic N) is 4. The van der Waals surface area contributed by atoms with Crippen LogP contribution in [-0.4, -0.2) is 21.2 Å². The summed E-state index contributed by atoms with van der Waals surface area (Å²) < 4.78 is 9.07. The molecule has 44 heavy (non-hydrogen) atoms. The minimum atomic E-state index is -0.461. The summed E-state index contributed by atoms with van der Waals surface area (Å²) in [7, 11) is 0. The Balaban J connectivity index is 1.25. The van der Waals surface area contributed by atoms with E-state index >= 15 is 0 Å². The van der Waals surface area contributed by atoms with Crippen molar-refractivity contribution in [3.63, 3.8) is 0 Å². The van der Waals surface area contributed by atoms with Crippen molar-refractivity contribution < 1.29 is 4.42 Å². The van der Waals surface area contributed by atoms with Crippen LogP contribution in [0.4, 0.5) is 0 Å². The van der Waals surface area contributed by atoms with Crippen LogP contribution >= 0.6 is 0 Å². The number of rotatable bonds is 4. The van der Waals surface area contributed by atoms with Crippen LogP contribution in [0.5, 0.6) is 0 Å². The van der Waals surface area contributed by atoms with Crippen molar-refractivity contribution in [3.05, 3.63) is 156 Å². The number of para-hydroxylation sites is 2. The summed E-state index contributed by atoms with van der Waals surface area (Å²) in [5.41, 5.74) is 7.68. The van der Waals surface area contributed by atoms with E-state index in [1.807, 2.05) is 54.6 Å². The fourth-order valence-electron chi connectivity index (χ4n) is 6.28. The van der Waals surface area contributed by atoms with Crippen molar-refractivity contribution in [2.45, 2.75) is 6.17 Å². The number of furan rings is 1. The lowest BCUT2D eigenvalue weighted by Gasteiger charge is -2.21. The maximum atomic E-state index is 6.77. The quantitative estimate of drug-likeness (QED) is 0.232. The Morgan fingerprint density at radius 1 is 0.614 bits per heavy atom. The van der Waals surface area contributed by atoms with Crippen molar-refractivity contribution >= 4 is 55.4 Å². The number of aromatic nitrogens is 2. The minimum absolute atomic E-state index is 0.461. The van der Waals surface area contributed by atoms with E-state index in [2.05, 4.69) is 93.7 Å². The standard InChI is InChI=1S/C38H25N5O/c1-3-11-24(12-4-1)36-40-37(42-38(41-36)31-16-9-10-22-39-31)25-18-19-28-30-21-20-29-27-15-7-8-17-32(27)43(26-13-5-2-6-14-26)34(29)35(30)44-33(28)23-25/h1-23,37H,(H,40,41,42). The molecule has 0 saturated heterocycles. The Bertz CT molecular complexity index is 2350. The third-order valence-electron chi connectivity index (χ3n) is 8.30. The molecule has 3 aromatic heterocycles. The van der Waals surface area contributed by atoms with Crippen LogP contribution in [0.2, 0.25) is 0 Å². The van der Waals surface area contributed by atoms with Crippen molar-refractivity contribution in [2.75, 3.05) is 0 Å². The van der Waals surface area contributed by atoms with Crippen molar-refractivity contribution in [3.8, 4) is 5.69 Å². The molecule has 6 heteroatoms. The summed E-state index contributed by atoms with van der Waals surface area (Å²) >= 11 is 0. The molecule has 0 amide bonds. The lowest BCUT2D eigenvalue weighted by atomic mass is 10.1. The molecule has 4 heterocycles. The zero-order valence-corrected chi connectivity index (χ0v) is 23.6. The fourth-order valence-corrected chi connectivity index (χ4v) is 6.28. The van der Waals surface area contributed by atoms with Gasteiger partial charge in [0.25, 0.3) is 0 Å². The molecule has 208 valence electrons. The van der Waals surface area contributed by atoms with Gasteiger partial charge in [0.05, 0.1) is 11.0 Å². The molecule has 0 spiro atoms. The highest BCUT2D eigenvalue weighted by molar-refractivity contribution is 6.21. The fraction of sp³-hybridized carbons (Fsp3) is 0.0263. The summed E-state index contributed by atoms with van der Waals surface area (Å²) in [6.07, 6.45) is 1.31. The van der Waals surface area contributed by atoms with Gasteiger partial charge in [-0.05, 0) is 42.5 Å². The van der Waals surface area contributed by atoms with Gasteiger partial charge < -0.3 is 14.3 Å². The van der Waals surface area contributed by atoms with Gasteiger partial charge in [-0.1, -0.05) is 91.0 Å². The van der Waals surface area contributed by atoms with Crippen LogP contribution in [0.15, 0.2) is 154 Å². The van der Waals surface area contributed by atoms with Gasteiger partial charge >= 0.3 is 0 Å². The highest BCUT2D eigenvalue weighted by Crippen LogP contribution is 2.41. The number of amidine groups is 2. The Kier molecular flexibility index (Phi) is 5.46. The summed E-state index contributed by atoms with van der Waals surface area (Å²) in [6, 6.07) is 45.7. The van der Waals surface area contributed by atoms with Crippen molar-refractivity contribution in [1.29, 1.82) is 0 Å². The Morgan fingerprint density at radius 3 is 2.18 bits per heavy atom. The van der Waals surface area contributed by atoms with Gasteiger partial charge in [-0.25, -0.2) is 9.98 Å². The maximum Gasteiger partial charge on any atom is 0.169 e. The molecule has 0 fully saturated rings. The number of hydrogen-bond donors (Lipinski definition) is 1. The van der Waals surface area contributed by atoms with Gasteiger partial charge in [-0.15, -0.1) is 0 Å². The second-order valence-corrected chi connectivity index (χ2v) is 10.9. The first-order chi connectivity index (χ1) is 21.8. The number of benzene rings is 5. The molecule has 6 nitrogen and oxygen atoms in total. The average Bonchev–Trinajstić information content (AvgIpc) is 3.65. The molecule has 9 rings (SSSR count). The molecular formula is C38H25N5O. The first kappa shape index (κ1) is 24.6. The average molecular weight is 568 g/mol. The first-order valence-corrected chi connectivity index (χ1v) is 14.6. The van der Waals surface area contributed by atoms with Crippen LogP contribution in [0.3, 0.4) is 0 Å². The summed E-state index contributed by atoms with van der Waals surface area (Å²) in [5.74, 6) is 1.44. The van der Waals surface area contributed by atoms with E-state index in [9.17, 15) is 0 Å². The highest BCUT2D eigenvalue weighted by Gasteiger charge is 2.23. The molecule has 8 aromatic rings. The van der Waals surface area contributed by atoms with E-state index in [-0.39, 0.29) is 0 Å². The van der Waals surface area contributed by atoms with E-state index in [1.165, 1.54) is 5.39 Å². The van der Waals surface area contributed by atoms with Crippen LogP contribution in [0.25, 0.3) is 49.4 Å². The second kappa shape index (κ2) is 9.78. The molecule has 0 bridgehead atoms. The van der Waals surface area contributed by atoms with E-state index < -0.39 is 6.17 Å². The van der Waals surface area contributed by atoms with Gasteiger partial charge in [-0.2, -0.15) is 0 Å². The third kappa shape index (κ3) is 3.85. The maximum absolute atomic E-state index is 6.77.